The van der Waals surface area contributed by atoms with Crippen molar-refractivity contribution in [3.05, 3.63) is 105 Å². The van der Waals surface area contributed by atoms with Gasteiger partial charge in [0.1, 0.15) is 11.5 Å². The van der Waals surface area contributed by atoms with Crippen LogP contribution in [0.5, 0.6) is 11.5 Å². The fourth-order valence-electron chi connectivity index (χ4n) is 7.35. The summed E-state index contributed by atoms with van der Waals surface area (Å²) in [7, 11) is 0. The minimum Gasteiger partial charge on any atom is -0.493 e. The van der Waals surface area contributed by atoms with Gasteiger partial charge in [0.05, 0.1) is 81.0 Å². The summed E-state index contributed by atoms with van der Waals surface area (Å²) in [4.78, 5) is 40.6. The largest absolute Gasteiger partial charge is 0.493 e. The second kappa shape index (κ2) is 21.0. The minimum atomic E-state index is -0.910. The van der Waals surface area contributed by atoms with E-state index in [0.717, 1.165) is 66.1 Å². The highest BCUT2D eigenvalue weighted by atomic mass is 79.9. The average molecular weight is 969 g/mol. The number of carboxylic acids is 2. The van der Waals surface area contributed by atoms with Crippen LogP contribution in [0.25, 0.3) is 68.6 Å². The van der Waals surface area contributed by atoms with E-state index in [-0.39, 0.29) is 26.1 Å². The number of aromatic amines is 2. The van der Waals surface area contributed by atoms with Crippen LogP contribution in [0.2, 0.25) is 0 Å². The molecule has 12 nitrogen and oxygen atoms in total. The Balaban J connectivity index is 1.33. The monoisotopic (exact) mass is 966 g/mol. The van der Waals surface area contributed by atoms with Crippen molar-refractivity contribution >= 4 is 90.2 Å². The van der Waals surface area contributed by atoms with E-state index in [9.17, 15) is 19.8 Å². The highest BCUT2D eigenvalue weighted by Crippen LogP contribution is 2.40. The number of ether oxygens (including phenoxy) is 4. The van der Waals surface area contributed by atoms with Gasteiger partial charge in [0.25, 0.3) is 0 Å². The topological polar surface area (TPSA) is 169 Å². The molecule has 2 atom stereocenters. The first-order valence-electron chi connectivity index (χ1n) is 20.7. The number of nitrogens with zero attached hydrogens (tertiary/aromatic N) is 2. The van der Waals surface area contributed by atoms with Crippen LogP contribution in [0, 0.1) is 0 Å². The van der Waals surface area contributed by atoms with Crippen molar-refractivity contribution in [1.82, 2.24) is 19.9 Å². The highest BCUT2D eigenvalue weighted by Gasteiger charge is 2.21. The first kappa shape index (κ1) is 44.5. The number of nitrogens with one attached hydrogen (secondary N) is 2. The summed E-state index contributed by atoms with van der Waals surface area (Å²) in [6.07, 6.45) is 9.20. The van der Waals surface area contributed by atoms with E-state index in [2.05, 4.69) is 41.8 Å². The van der Waals surface area contributed by atoms with Crippen LogP contribution in [0.3, 0.4) is 0 Å². The van der Waals surface area contributed by atoms with Gasteiger partial charge in [-0.1, -0.05) is 50.2 Å². The van der Waals surface area contributed by atoms with Gasteiger partial charge in [0, 0.05) is 59.3 Å². The maximum Gasteiger partial charge on any atom is 0.305 e. The Morgan fingerprint density at radius 1 is 0.565 bits per heavy atom. The quantitative estimate of drug-likeness (QED) is 0.0577. The lowest BCUT2D eigenvalue weighted by Crippen LogP contribution is -2.21. The van der Waals surface area contributed by atoms with E-state index in [4.69, 9.17) is 28.9 Å². The van der Waals surface area contributed by atoms with Crippen LogP contribution in [0.15, 0.2) is 81.7 Å². The molecule has 0 aliphatic carbocycles. The summed E-state index contributed by atoms with van der Waals surface area (Å²) in [6, 6.07) is 23.5. The van der Waals surface area contributed by atoms with E-state index in [0.29, 0.717) is 60.3 Å². The second-order valence-electron chi connectivity index (χ2n) is 14.8. The summed E-state index contributed by atoms with van der Waals surface area (Å²) in [5, 5.41) is 18.9. The molecule has 7 rings (SSSR count). The van der Waals surface area contributed by atoms with Gasteiger partial charge in [-0.3, -0.25) is 9.59 Å². The van der Waals surface area contributed by atoms with Gasteiger partial charge in [-0.25, -0.2) is 9.97 Å². The van der Waals surface area contributed by atoms with Gasteiger partial charge >= 0.3 is 11.9 Å². The van der Waals surface area contributed by atoms with Crippen LogP contribution in [0.1, 0.15) is 75.1 Å². The predicted octanol–water partition coefficient (Wildman–Crippen LogP) is 11.6. The number of fused-ring (bicyclic) bond motifs is 8. The molecule has 0 radical (unpaired) electrons. The third kappa shape index (κ3) is 10.7. The zero-order valence-electron chi connectivity index (χ0n) is 34.5. The third-order valence-corrected chi connectivity index (χ3v) is 11.9. The fraction of sp³-hybridized carbons (Fsp3) is 0.292. The molecule has 3 aromatic heterocycles. The Labute approximate surface area is 376 Å². The predicted molar refractivity (Wildman–Crippen MR) is 250 cm³/mol. The van der Waals surface area contributed by atoms with Crippen molar-refractivity contribution in [3.8, 4) is 33.8 Å². The summed E-state index contributed by atoms with van der Waals surface area (Å²) < 4.78 is 25.9. The number of carboxylic acid groups (broad SMARTS) is 2. The van der Waals surface area contributed by atoms with E-state index in [1.807, 2.05) is 111 Å². The van der Waals surface area contributed by atoms with Crippen LogP contribution in [-0.2, 0) is 19.1 Å². The van der Waals surface area contributed by atoms with Gasteiger partial charge in [0.15, 0.2) is 0 Å². The molecule has 0 fully saturated rings. The number of benzene rings is 2. The maximum absolute atomic E-state index is 11.5. The molecule has 2 aromatic carbocycles. The molecule has 0 spiro atoms. The molecule has 5 heterocycles. The number of hydrogen-bond donors (Lipinski definition) is 4. The van der Waals surface area contributed by atoms with Crippen molar-refractivity contribution in [2.24, 2.45) is 0 Å². The zero-order chi connectivity index (χ0) is 43.6. The number of para-hydroxylation sites is 2. The Kier molecular flexibility index (Phi) is 15.1. The van der Waals surface area contributed by atoms with Gasteiger partial charge in [-0.15, -0.1) is 0 Å². The number of rotatable bonds is 20. The Morgan fingerprint density at radius 3 is 1.35 bits per heavy atom. The molecule has 0 saturated carbocycles. The van der Waals surface area contributed by atoms with Crippen LogP contribution < -0.4 is 9.47 Å². The number of carbonyl (C=O) groups is 2. The van der Waals surface area contributed by atoms with E-state index in [1.165, 1.54) is 0 Å². The summed E-state index contributed by atoms with van der Waals surface area (Å²) in [6.45, 7) is 5.47. The van der Waals surface area contributed by atoms with Crippen molar-refractivity contribution in [2.75, 3.05) is 26.4 Å². The van der Waals surface area contributed by atoms with Crippen LogP contribution in [-0.4, -0.2) is 80.7 Å². The second-order valence-corrected chi connectivity index (χ2v) is 16.4. The number of halogens is 2. The molecule has 322 valence electrons. The SMILES string of the molecule is CCCOC(CCOc1ccccc1-c1c2nc(c(Br)c3ccc([nH]3)c(-c3ccccc3OCCC(CC(=O)O)OCCC)c3nc(c(Br)c4ccc1[nH]4)C=C3)C=C2)CC(=O)O. The lowest BCUT2D eigenvalue weighted by Gasteiger charge is -2.17. The Morgan fingerprint density at radius 2 is 0.952 bits per heavy atom. The molecule has 14 heteroatoms. The molecule has 0 saturated heterocycles. The summed E-state index contributed by atoms with van der Waals surface area (Å²) in [5.74, 6) is -0.567. The first-order valence-corrected chi connectivity index (χ1v) is 22.3. The molecular weight excluding hydrogens is 920 g/mol. The average Bonchev–Trinajstić information content (AvgIpc) is 4.11. The summed E-state index contributed by atoms with van der Waals surface area (Å²) in [5.41, 5.74) is 9.29. The molecule has 8 bridgehead atoms. The van der Waals surface area contributed by atoms with Gasteiger partial charge < -0.3 is 39.1 Å². The number of aromatic nitrogens is 4. The van der Waals surface area contributed by atoms with Crippen molar-refractivity contribution in [1.29, 1.82) is 0 Å². The zero-order valence-corrected chi connectivity index (χ0v) is 37.6. The molecular formula is C48H48Br2N4O8. The number of aliphatic carboxylic acids is 2. The van der Waals surface area contributed by atoms with Gasteiger partial charge in [0.2, 0.25) is 0 Å². The molecule has 5 aromatic rings. The highest BCUT2D eigenvalue weighted by molar-refractivity contribution is 9.11. The first-order chi connectivity index (χ1) is 30.1. The minimum absolute atomic E-state index is 0.0962. The Bertz CT molecular complexity index is 2470. The van der Waals surface area contributed by atoms with Crippen LogP contribution in [0.4, 0.5) is 0 Å². The van der Waals surface area contributed by atoms with Crippen molar-refractivity contribution in [2.45, 2.75) is 64.6 Å². The van der Waals surface area contributed by atoms with Gasteiger partial charge in [-0.05, 0) is 105 Å². The molecule has 4 N–H and O–H groups in total. The maximum atomic E-state index is 11.5. The van der Waals surface area contributed by atoms with Crippen LogP contribution >= 0.6 is 31.9 Å². The van der Waals surface area contributed by atoms with Crippen molar-refractivity contribution in [3.63, 3.8) is 0 Å². The molecule has 62 heavy (non-hydrogen) atoms. The standard InChI is InChI=1S/C48H48Br2N4O8/c1-3-23-59-29(27-43(55)56)21-25-61-41-11-7-5-9-31(41)45-33-13-17-37(51-33)47(49)39-19-15-35(53-39)46(36-16-20-40(54-36)48(50)38-18-14-34(45)52-38)32-10-6-8-12-42(32)62-26-22-30(28-44(57)58)60-24-4-2/h5-20,29-30,51,54H,3-4,21-28H2,1-2H3,(H,55,56)(H,57,58). The molecule has 0 amide bonds. The lowest BCUT2D eigenvalue weighted by atomic mass is 10.0. The van der Waals surface area contributed by atoms with Gasteiger partial charge in [-0.2, -0.15) is 0 Å². The van der Waals surface area contributed by atoms with E-state index < -0.39 is 24.1 Å². The normalized spacial score (nSPS) is 13.0. The summed E-state index contributed by atoms with van der Waals surface area (Å²) >= 11 is 7.73. The smallest absolute Gasteiger partial charge is 0.305 e. The van der Waals surface area contributed by atoms with E-state index >= 15 is 0 Å². The Hall–Kier alpha value is -5.54. The molecule has 2 aliphatic heterocycles. The number of hydrogen-bond acceptors (Lipinski definition) is 8. The van der Waals surface area contributed by atoms with Crippen molar-refractivity contribution < 1.29 is 38.7 Å². The molecule has 2 unspecified atom stereocenters. The number of H-pyrrole nitrogens is 2. The fourth-order valence-corrected chi connectivity index (χ4v) is 8.25. The molecule has 2 aliphatic rings. The third-order valence-electron chi connectivity index (χ3n) is 10.3. The van der Waals surface area contributed by atoms with E-state index in [1.54, 1.807) is 0 Å². The lowest BCUT2D eigenvalue weighted by molar-refractivity contribution is -0.141.